The number of fused-ring (bicyclic) bond motifs is 1. The highest BCUT2D eigenvalue weighted by Gasteiger charge is 2.22. The zero-order valence-electron chi connectivity index (χ0n) is 16.9. The van der Waals surface area contributed by atoms with E-state index in [1.54, 1.807) is 0 Å². The molecule has 1 aromatic heterocycles. The van der Waals surface area contributed by atoms with E-state index in [1.807, 2.05) is 55.5 Å². The predicted molar refractivity (Wildman–Crippen MR) is 116 cm³/mol. The van der Waals surface area contributed by atoms with Crippen molar-refractivity contribution in [1.82, 2.24) is 9.78 Å². The summed E-state index contributed by atoms with van der Waals surface area (Å²) in [5, 5.41) is 8.97. The molecule has 1 atom stereocenters. The fraction of sp³-hybridized carbons (Fsp3) is 0.348. The lowest BCUT2D eigenvalue weighted by atomic mass is 10.00. The van der Waals surface area contributed by atoms with Crippen molar-refractivity contribution >= 4 is 28.2 Å². The molecule has 29 heavy (non-hydrogen) atoms. The molecule has 1 aliphatic heterocycles. The standard InChI is InChI=1S/C23H26N4O2/c1-16-8-7-13-26(14-16)22-18-10-4-5-11-19(18)23(29)27(25-22)15-21(28)24-20-12-6-3-9-17(20)2/h3-6,9-12,16H,7-8,13-15H2,1-2H3,(H,24,28). The van der Waals surface area contributed by atoms with Gasteiger partial charge in [0.2, 0.25) is 5.91 Å². The first kappa shape index (κ1) is 19.2. The minimum absolute atomic E-state index is 0.117. The van der Waals surface area contributed by atoms with Gasteiger partial charge in [0.1, 0.15) is 6.54 Å². The topological polar surface area (TPSA) is 67.2 Å². The third kappa shape index (κ3) is 4.01. The van der Waals surface area contributed by atoms with Crippen LogP contribution >= 0.6 is 0 Å². The summed E-state index contributed by atoms with van der Waals surface area (Å²) < 4.78 is 1.30. The number of para-hydroxylation sites is 1. The maximum atomic E-state index is 13.0. The normalized spacial score (nSPS) is 16.8. The second-order valence-corrected chi connectivity index (χ2v) is 7.89. The first-order valence-electron chi connectivity index (χ1n) is 10.1. The second kappa shape index (κ2) is 8.07. The molecule has 6 nitrogen and oxygen atoms in total. The minimum Gasteiger partial charge on any atom is -0.354 e. The van der Waals surface area contributed by atoms with E-state index in [4.69, 9.17) is 0 Å². The number of hydrogen-bond donors (Lipinski definition) is 1. The van der Waals surface area contributed by atoms with E-state index in [-0.39, 0.29) is 18.0 Å². The third-order valence-corrected chi connectivity index (χ3v) is 5.52. The average molecular weight is 390 g/mol. The second-order valence-electron chi connectivity index (χ2n) is 7.89. The van der Waals surface area contributed by atoms with E-state index in [1.165, 1.54) is 11.1 Å². The van der Waals surface area contributed by atoms with Crippen molar-refractivity contribution in [1.29, 1.82) is 0 Å². The Bertz CT molecular complexity index is 1110. The van der Waals surface area contributed by atoms with Gasteiger partial charge in [-0.2, -0.15) is 5.10 Å². The smallest absolute Gasteiger partial charge is 0.275 e. The van der Waals surface area contributed by atoms with Crippen LogP contribution in [0.4, 0.5) is 11.5 Å². The van der Waals surface area contributed by atoms with Gasteiger partial charge in [0.05, 0.1) is 5.39 Å². The molecule has 0 radical (unpaired) electrons. The lowest BCUT2D eigenvalue weighted by Crippen LogP contribution is -2.38. The highest BCUT2D eigenvalue weighted by molar-refractivity contribution is 5.93. The fourth-order valence-electron chi connectivity index (χ4n) is 3.98. The van der Waals surface area contributed by atoms with Crippen LogP contribution in [-0.4, -0.2) is 28.8 Å². The van der Waals surface area contributed by atoms with Crippen LogP contribution in [0, 0.1) is 12.8 Å². The number of hydrogen-bond acceptors (Lipinski definition) is 4. The van der Waals surface area contributed by atoms with Crippen LogP contribution in [0.3, 0.4) is 0 Å². The van der Waals surface area contributed by atoms with Crippen molar-refractivity contribution in [3.8, 4) is 0 Å². The van der Waals surface area contributed by atoms with Crippen LogP contribution in [0.5, 0.6) is 0 Å². The Morgan fingerprint density at radius 2 is 1.86 bits per heavy atom. The van der Waals surface area contributed by atoms with Crippen LogP contribution in [0.15, 0.2) is 53.3 Å². The van der Waals surface area contributed by atoms with Gasteiger partial charge in [-0.15, -0.1) is 0 Å². The molecule has 0 aliphatic carbocycles. The van der Waals surface area contributed by atoms with Gasteiger partial charge in [-0.1, -0.05) is 43.3 Å². The van der Waals surface area contributed by atoms with E-state index in [2.05, 4.69) is 22.2 Å². The molecule has 0 bridgehead atoms. The van der Waals surface area contributed by atoms with Crippen molar-refractivity contribution in [3.63, 3.8) is 0 Å². The Balaban J connectivity index is 1.69. The van der Waals surface area contributed by atoms with Gasteiger partial charge in [0, 0.05) is 24.2 Å². The molecule has 1 saturated heterocycles. The van der Waals surface area contributed by atoms with Crippen LogP contribution in [0.25, 0.3) is 10.8 Å². The number of amides is 1. The van der Waals surface area contributed by atoms with Gasteiger partial charge in [-0.05, 0) is 43.4 Å². The van der Waals surface area contributed by atoms with Crippen molar-refractivity contribution < 1.29 is 4.79 Å². The maximum Gasteiger partial charge on any atom is 0.275 e. The number of rotatable bonds is 4. The Morgan fingerprint density at radius 3 is 2.62 bits per heavy atom. The number of carbonyl (C=O) groups excluding carboxylic acids is 1. The quantitative estimate of drug-likeness (QED) is 0.739. The molecular formula is C23H26N4O2. The van der Waals surface area contributed by atoms with Crippen molar-refractivity contribution in [2.45, 2.75) is 33.2 Å². The van der Waals surface area contributed by atoms with E-state index in [9.17, 15) is 9.59 Å². The number of aromatic nitrogens is 2. The molecule has 1 N–H and O–H groups in total. The van der Waals surface area contributed by atoms with E-state index in [0.29, 0.717) is 11.3 Å². The molecule has 3 aromatic rings. The number of aryl methyl sites for hydroxylation is 1. The molecule has 150 valence electrons. The summed E-state index contributed by atoms with van der Waals surface area (Å²) >= 11 is 0. The van der Waals surface area contributed by atoms with Crippen LogP contribution in [0.1, 0.15) is 25.3 Å². The molecule has 0 saturated carbocycles. The zero-order chi connectivity index (χ0) is 20.4. The van der Waals surface area contributed by atoms with E-state index < -0.39 is 0 Å². The molecule has 4 rings (SSSR count). The average Bonchev–Trinajstić information content (AvgIpc) is 2.72. The van der Waals surface area contributed by atoms with Gasteiger partial charge >= 0.3 is 0 Å². The van der Waals surface area contributed by atoms with Gasteiger partial charge in [-0.3, -0.25) is 9.59 Å². The summed E-state index contributed by atoms with van der Waals surface area (Å²) in [5.41, 5.74) is 1.48. The molecule has 1 amide bonds. The number of piperidine rings is 1. The van der Waals surface area contributed by atoms with Gasteiger partial charge < -0.3 is 10.2 Å². The maximum absolute atomic E-state index is 13.0. The van der Waals surface area contributed by atoms with Crippen molar-refractivity contribution in [3.05, 3.63) is 64.4 Å². The Labute approximate surface area is 170 Å². The number of nitrogens with one attached hydrogen (secondary N) is 1. The fourth-order valence-corrected chi connectivity index (χ4v) is 3.98. The highest BCUT2D eigenvalue weighted by Crippen LogP contribution is 2.26. The van der Waals surface area contributed by atoms with Crippen LogP contribution < -0.4 is 15.8 Å². The Hall–Kier alpha value is -3.15. The Morgan fingerprint density at radius 1 is 1.14 bits per heavy atom. The number of carbonyl (C=O) groups is 1. The van der Waals surface area contributed by atoms with Crippen LogP contribution in [-0.2, 0) is 11.3 Å². The van der Waals surface area contributed by atoms with Gasteiger partial charge in [-0.25, -0.2) is 4.68 Å². The molecule has 6 heteroatoms. The highest BCUT2D eigenvalue weighted by atomic mass is 16.2. The SMILES string of the molecule is Cc1ccccc1NC(=O)Cn1nc(N2CCCC(C)C2)c2ccccc2c1=O. The summed E-state index contributed by atoms with van der Waals surface area (Å²) in [4.78, 5) is 27.9. The van der Waals surface area contributed by atoms with Gasteiger partial charge in [0.15, 0.2) is 5.82 Å². The van der Waals surface area contributed by atoms with E-state index in [0.717, 1.165) is 42.0 Å². The first-order chi connectivity index (χ1) is 14.0. The molecular weight excluding hydrogens is 364 g/mol. The summed E-state index contributed by atoms with van der Waals surface area (Å²) in [5.74, 6) is 1.10. The lowest BCUT2D eigenvalue weighted by Gasteiger charge is -2.32. The van der Waals surface area contributed by atoms with Crippen LogP contribution in [0.2, 0.25) is 0 Å². The minimum atomic E-state index is -0.262. The van der Waals surface area contributed by atoms with Gasteiger partial charge in [0.25, 0.3) is 5.56 Å². The lowest BCUT2D eigenvalue weighted by molar-refractivity contribution is -0.117. The zero-order valence-corrected chi connectivity index (χ0v) is 16.9. The molecule has 2 heterocycles. The number of nitrogens with zero attached hydrogens (tertiary/aromatic N) is 3. The monoisotopic (exact) mass is 390 g/mol. The largest absolute Gasteiger partial charge is 0.354 e. The summed E-state index contributed by atoms with van der Waals surface area (Å²) in [6.45, 7) is 5.87. The molecule has 1 fully saturated rings. The van der Waals surface area contributed by atoms with Crippen molar-refractivity contribution in [2.24, 2.45) is 5.92 Å². The molecule has 2 aromatic carbocycles. The van der Waals surface area contributed by atoms with E-state index >= 15 is 0 Å². The molecule has 1 aliphatic rings. The number of anilines is 2. The molecule has 0 spiro atoms. The summed E-state index contributed by atoms with van der Waals surface area (Å²) in [6.07, 6.45) is 2.30. The number of benzene rings is 2. The third-order valence-electron chi connectivity index (χ3n) is 5.52. The summed E-state index contributed by atoms with van der Waals surface area (Å²) in [7, 11) is 0. The first-order valence-corrected chi connectivity index (χ1v) is 10.1. The Kier molecular flexibility index (Phi) is 5.34. The molecule has 1 unspecified atom stereocenters. The van der Waals surface area contributed by atoms with Crippen molar-refractivity contribution in [2.75, 3.05) is 23.3 Å². The summed E-state index contributed by atoms with van der Waals surface area (Å²) in [6, 6.07) is 15.1. The predicted octanol–water partition coefficient (Wildman–Crippen LogP) is 3.58.